The van der Waals surface area contributed by atoms with Gasteiger partial charge < -0.3 is 9.73 Å². The summed E-state index contributed by atoms with van der Waals surface area (Å²) in [6, 6.07) is 7.62. The zero-order valence-corrected chi connectivity index (χ0v) is 15.7. The molecule has 1 saturated heterocycles. The fourth-order valence-electron chi connectivity index (χ4n) is 3.74. The zero-order chi connectivity index (χ0) is 18.5. The molecule has 0 radical (unpaired) electrons. The van der Waals surface area contributed by atoms with Crippen molar-refractivity contribution in [3.63, 3.8) is 0 Å². The highest BCUT2D eigenvalue weighted by Crippen LogP contribution is 2.23. The van der Waals surface area contributed by atoms with Crippen molar-refractivity contribution < 1.29 is 9.21 Å². The number of carbonyl (C=O) groups excluding carboxylic acids is 1. The molecular weight excluding hydrogens is 328 g/mol. The molecule has 1 amide bonds. The van der Waals surface area contributed by atoms with Crippen LogP contribution in [0.3, 0.4) is 0 Å². The van der Waals surface area contributed by atoms with E-state index < -0.39 is 0 Å². The molecular formula is C21H28N2O3. The summed E-state index contributed by atoms with van der Waals surface area (Å²) in [7, 11) is 0. The molecule has 1 aliphatic rings. The van der Waals surface area contributed by atoms with Gasteiger partial charge in [0.05, 0.1) is 0 Å². The molecule has 2 aromatic rings. The first-order chi connectivity index (χ1) is 12.5. The minimum Gasteiger partial charge on any atom is -0.423 e. The van der Waals surface area contributed by atoms with Crippen LogP contribution in [0.1, 0.15) is 43.7 Å². The minimum absolute atomic E-state index is 0.145. The number of piperidine rings is 1. The van der Waals surface area contributed by atoms with Crippen molar-refractivity contribution in [1.29, 1.82) is 0 Å². The van der Waals surface area contributed by atoms with Crippen LogP contribution in [0.15, 0.2) is 33.5 Å². The summed E-state index contributed by atoms with van der Waals surface area (Å²) >= 11 is 0. The Morgan fingerprint density at radius 3 is 3.00 bits per heavy atom. The number of benzene rings is 1. The monoisotopic (exact) mass is 356 g/mol. The summed E-state index contributed by atoms with van der Waals surface area (Å²) in [5.74, 6) is 0.616. The second-order valence-corrected chi connectivity index (χ2v) is 7.39. The van der Waals surface area contributed by atoms with E-state index in [1.165, 1.54) is 0 Å². The standard InChI is InChI=1S/C21H28N2O3/c1-3-5-20(24)22-12-16-6-4-9-23(13-16)14-17-11-21(25)26-19-10-15(2)7-8-18(17)19/h7-8,10-11,16H,3-6,9,12-14H2,1-2H3,(H,22,24). The Balaban J connectivity index is 1.68. The highest BCUT2D eigenvalue weighted by molar-refractivity contribution is 5.80. The van der Waals surface area contributed by atoms with Gasteiger partial charge in [0.2, 0.25) is 5.91 Å². The molecule has 26 heavy (non-hydrogen) atoms. The third-order valence-corrected chi connectivity index (χ3v) is 5.05. The molecule has 1 unspecified atom stereocenters. The number of nitrogens with one attached hydrogen (secondary N) is 1. The smallest absolute Gasteiger partial charge is 0.336 e. The second-order valence-electron chi connectivity index (χ2n) is 7.39. The van der Waals surface area contributed by atoms with E-state index in [1.54, 1.807) is 6.07 Å². The summed E-state index contributed by atoms with van der Waals surface area (Å²) in [4.78, 5) is 26.0. The van der Waals surface area contributed by atoms with Crippen molar-refractivity contribution in [2.45, 2.75) is 46.1 Å². The van der Waals surface area contributed by atoms with Gasteiger partial charge in [0.15, 0.2) is 0 Å². The Hall–Kier alpha value is -2.14. The normalized spacial score (nSPS) is 18.2. The molecule has 1 aromatic carbocycles. The van der Waals surface area contributed by atoms with Crippen LogP contribution in [0, 0.1) is 12.8 Å². The Labute approximate surface area is 154 Å². The van der Waals surface area contributed by atoms with Gasteiger partial charge in [-0.05, 0) is 55.8 Å². The van der Waals surface area contributed by atoms with E-state index in [0.717, 1.165) is 62.0 Å². The molecule has 3 rings (SSSR count). The van der Waals surface area contributed by atoms with Crippen LogP contribution >= 0.6 is 0 Å². The van der Waals surface area contributed by atoms with Crippen LogP contribution in [0.4, 0.5) is 0 Å². The molecule has 0 aliphatic carbocycles. The van der Waals surface area contributed by atoms with Crippen LogP contribution in [-0.2, 0) is 11.3 Å². The quantitative estimate of drug-likeness (QED) is 0.807. The lowest BCUT2D eigenvalue weighted by Crippen LogP contribution is -2.40. The molecule has 1 N–H and O–H groups in total. The SMILES string of the molecule is CCCC(=O)NCC1CCCN(Cc2cc(=O)oc3cc(C)ccc23)C1. The molecule has 0 spiro atoms. The number of fused-ring (bicyclic) bond motifs is 1. The van der Waals surface area contributed by atoms with Gasteiger partial charge in [-0.1, -0.05) is 19.1 Å². The van der Waals surface area contributed by atoms with Crippen LogP contribution in [0.5, 0.6) is 0 Å². The van der Waals surface area contributed by atoms with Crippen molar-refractivity contribution in [1.82, 2.24) is 10.2 Å². The van der Waals surface area contributed by atoms with Crippen molar-refractivity contribution in [2.24, 2.45) is 5.92 Å². The van der Waals surface area contributed by atoms with Crippen molar-refractivity contribution in [3.05, 3.63) is 45.8 Å². The van der Waals surface area contributed by atoms with Crippen molar-refractivity contribution in [3.8, 4) is 0 Å². The molecule has 1 aliphatic heterocycles. The van der Waals surface area contributed by atoms with E-state index in [1.807, 2.05) is 32.0 Å². The molecule has 5 heteroatoms. The number of nitrogens with zero attached hydrogens (tertiary/aromatic N) is 1. The van der Waals surface area contributed by atoms with E-state index in [-0.39, 0.29) is 11.5 Å². The Morgan fingerprint density at radius 2 is 2.19 bits per heavy atom. The summed E-state index contributed by atoms with van der Waals surface area (Å²) in [5, 5.41) is 4.06. The number of hydrogen-bond donors (Lipinski definition) is 1. The first-order valence-corrected chi connectivity index (χ1v) is 9.57. The molecule has 1 fully saturated rings. The van der Waals surface area contributed by atoms with Crippen LogP contribution in [-0.4, -0.2) is 30.4 Å². The topological polar surface area (TPSA) is 62.6 Å². The van der Waals surface area contributed by atoms with Crippen LogP contribution < -0.4 is 10.9 Å². The second kappa shape index (κ2) is 8.49. The average Bonchev–Trinajstić information content (AvgIpc) is 2.60. The summed E-state index contributed by atoms with van der Waals surface area (Å²) in [6.07, 6.45) is 3.74. The zero-order valence-electron chi connectivity index (χ0n) is 15.7. The molecule has 0 saturated carbocycles. The van der Waals surface area contributed by atoms with Gasteiger partial charge in [0.25, 0.3) is 0 Å². The molecule has 5 nitrogen and oxygen atoms in total. The Kier molecular flexibility index (Phi) is 6.09. The van der Waals surface area contributed by atoms with Gasteiger partial charge in [-0.15, -0.1) is 0 Å². The van der Waals surface area contributed by atoms with Gasteiger partial charge in [-0.3, -0.25) is 9.69 Å². The summed E-state index contributed by atoms with van der Waals surface area (Å²) in [5.41, 5.74) is 2.47. The number of amides is 1. The Morgan fingerprint density at radius 1 is 1.35 bits per heavy atom. The largest absolute Gasteiger partial charge is 0.423 e. The first-order valence-electron chi connectivity index (χ1n) is 9.57. The minimum atomic E-state index is -0.293. The lowest BCUT2D eigenvalue weighted by molar-refractivity contribution is -0.121. The maximum atomic E-state index is 11.9. The highest BCUT2D eigenvalue weighted by atomic mass is 16.4. The van der Waals surface area contributed by atoms with Crippen molar-refractivity contribution in [2.75, 3.05) is 19.6 Å². The average molecular weight is 356 g/mol. The number of hydrogen-bond acceptors (Lipinski definition) is 4. The summed E-state index contributed by atoms with van der Waals surface area (Å²) < 4.78 is 5.36. The van der Waals surface area contributed by atoms with Crippen molar-refractivity contribution >= 4 is 16.9 Å². The van der Waals surface area contributed by atoms with E-state index >= 15 is 0 Å². The number of carbonyl (C=O) groups is 1. The fraction of sp³-hybridized carbons (Fsp3) is 0.524. The van der Waals surface area contributed by atoms with Crippen LogP contribution in [0.2, 0.25) is 0 Å². The fourth-order valence-corrected chi connectivity index (χ4v) is 3.74. The predicted molar refractivity (Wildman–Crippen MR) is 103 cm³/mol. The van der Waals surface area contributed by atoms with Gasteiger partial charge >= 0.3 is 5.63 Å². The first kappa shape index (κ1) is 18.6. The number of aryl methyl sites for hydroxylation is 1. The molecule has 1 atom stereocenters. The number of rotatable bonds is 6. The summed E-state index contributed by atoms with van der Waals surface area (Å²) in [6.45, 7) is 7.46. The van der Waals surface area contributed by atoms with Gasteiger partial charge in [0, 0.05) is 37.5 Å². The maximum absolute atomic E-state index is 11.9. The third kappa shape index (κ3) is 4.73. The Bertz CT molecular complexity index is 828. The third-order valence-electron chi connectivity index (χ3n) is 5.05. The maximum Gasteiger partial charge on any atom is 0.336 e. The predicted octanol–water partition coefficient (Wildman–Crippen LogP) is 3.23. The molecule has 140 valence electrons. The highest BCUT2D eigenvalue weighted by Gasteiger charge is 2.21. The lowest BCUT2D eigenvalue weighted by Gasteiger charge is -2.33. The molecule has 0 bridgehead atoms. The van der Waals surface area contributed by atoms with E-state index in [0.29, 0.717) is 17.9 Å². The van der Waals surface area contributed by atoms with E-state index in [4.69, 9.17) is 4.42 Å². The number of likely N-dealkylation sites (tertiary alicyclic amines) is 1. The van der Waals surface area contributed by atoms with Crippen LogP contribution in [0.25, 0.3) is 11.0 Å². The van der Waals surface area contributed by atoms with Gasteiger partial charge in [0.1, 0.15) is 5.58 Å². The van der Waals surface area contributed by atoms with E-state index in [2.05, 4.69) is 10.2 Å². The van der Waals surface area contributed by atoms with Gasteiger partial charge in [-0.2, -0.15) is 0 Å². The van der Waals surface area contributed by atoms with E-state index in [9.17, 15) is 9.59 Å². The lowest BCUT2D eigenvalue weighted by atomic mass is 9.97. The van der Waals surface area contributed by atoms with Gasteiger partial charge in [-0.25, -0.2) is 4.79 Å². The molecule has 1 aromatic heterocycles. The molecule has 2 heterocycles.